The van der Waals surface area contributed by atoms with Gasteiger partial charge >= 0.3 is 11.9 Å². The van der Waals surface area contributed by atoms with Crippen LogP contribution in [0.3, 0.4) is 0 Å². The maximum Gasteiger partial charge on any atom is 0.338 e. The monoisotopic (exact) mass is 412 g/mol. The predicted molar refractivity (Wildman–Crippen MR) is 115 cm³/mol. The van der Waals surface area contributed by atoms with Crippen molar-refractivity contribution in [3.8, 4) is 11.5 Å². The van der Waals surface area contributed by atoms with Gasteiger partial charge in [0, 0.05) is 6.08 Å². The van der Waals surface area contributed by atoms with E-state index in [0.717, 1.165) is 31.2 Å². The summed E-state index contributed by atoms with van der Waals surface area (Å²) in [5, 5.41) is 0. The smallest absolute Gasteiger partial charge is 0.338 e. The van der Waals surface area contributed by atoms with Crippen molar-refractivity contribution in [1.29, 1.82) is 0 Å². The molecule has 2 rings (SSSR count). The Hall–Kier alpha value is -3.28. The normalized spacial score (nSPS) is 10.6. The van der Waals surface area contributed by atoms with Gasteiger partial charge in [0.1, 0.15) is 0 Å². The first-order valence-corrected chi connectivity index (χ1v) is 9.93. The van der Waals surface area contributed by atoms with Gasteiger partial charge in [-0.3, -0.25) is 0 Å². The van der Waals surface area contributed by atoms with Gasteiger partial charge in [-0.15, -0.1) is 0 Å². The van der Waals surface area contributed by atoms with Crippen LogP contribution in [0.5, 0.6) is 11.5 Å². The minimum Gasteiger partial charge on any atom is -0.493 e. The van der Waals surface area contributed by atoms with Gasteiger partial charge in [-0.05, 0) is 61.6 Å². The van der Waals surface area contributed by atoms with Gasteiger partial charge in [0.15, 0.2) is 11.5 Å². The van der Waals surface area contributed by atoms with Crippen LogP contribution in [0.15, 0.2) is 54.6 Å². The largest absolute Gasteiger partial charge is 0.493 e. The van der Waals surface area contributed by atoms with Crippen LogP contribution in [-0.4, -0.2) is 39.4 Å². The first kappa shape index (κ1) is 23.0. The van der Waals surface area contributed by atoms with Gasteiger partial charge in [-0.1, -0.05) is 24.3 Å². The molecule has 0 fully saturated rings. The molecule has 6 nitrogen and oxygen atoms in total. The number of hydrogen-bond donors (Lipinski definition) is 0. The first-order valence-electron chi connectivity index (χ1n) is 9.93. The lowest BCUT2D eigenvalue weighted by Gasteiger charge is -2.11. The molecule has 0 bridgehead atoms. The Morgan fingerprint density at radius 3 is 2.30 bits per heavy atom. The van der Waals surface area contributed by atoms with Crippen molar-refractivity contribution in [2.24, 2.45) is 0 Å². The summed E-state index contributed by atoms with van der Waals surface area (Å²) in [4.78, 5) is 23.0. The lowest BCUT2D eigenvalue weighted by atomic mass is 10.2. The average Bonchev–Trinajstić information content (AvgIpc) is 2.79. The molecule has 0 aromatic heterocycles. The summed E-state index contributed by atoms with van der Waals surface area (Å²) < 4.78 is 21.0. The Kier molecular flexibility index (Phi) is 10.00. The van der Waals surface area contributed by atoms with Crippen molar-refractivity contribution < 1.29 is 28.5 Å². The second-order valence-electron chi connectivity index (χ2n) is 6.53. The minimum absolute atomic E-state index is 0.282. The Balaban J connectivity index is 1.63. The third-order valence-corrected chi connectivity index (χ3v) is 4.34. The van der Waals surface area contributed by atoms with Crippen molar-refractivity contribution in [1.82, 2.24) is 0 Å². The first-order chi connectivity index (χ1) is 14.6. The van der Waals surface area contributed by atoms with Crippen molar-refractivity contribution in [2.45, 2.75) is 25.7 Å². The van der Waals surface area contributed by atoms with Crippen LogP contribution in [0, 0.1) is 0 Å². The van der Waals surface area contributed by atoms with Gasteiger partial charge in [0.2, 0.25) is 0 Å². The van der Waals surface area contributed by atoms with E-state index in [-0.39, 0.29) is 5.97 Å². The molecule has 0 N–H and O–H groups in total. The molecule has 0 saturated carbocycles. The van der Waals surface area contributed by atoms with E-state index in [2.05, 4.69) is 4.74 Å². The van der Waals surface area contributed by atoms with Crippen LogP contribution in [0.1, 0.15) is 41.6 Å². The van der Waals surface area contributed by atoms with Gasteiger partial charge in [0.05, 0.1) is 33.0 Å². The average molecular weight is 412 g/mol. The fraction of sp³-hybridized carbons (Fsp3) is 0.333. The minimum atomic E-state index is -0.413. The second kappa shape index (κ2) is 13.0. The summed E-state index contributed by atoms with van der Waals surface area (Å²) in [6.45, 7) is 0.987. The molecule has 0 aliphatic carbocycles. The van der Waals surface area contributed by atoms with E-state index in [1.807, 2.05) is 30.3 Å². The fourth-order valence-electron chi connectivity index (χ4n) is 2.70. The maximum absolute atomic E-state index is 11.8. The molecule has 30 heavy (non-hydrogen) atoms. The SMILES string of the molecule is COC(=O)C=Cc1ccc(OCCCCCCOC(=O)c2ccccc2)c(OC)c1. The van der Waals surface area contributed by atoms with Crippen LogP contribution >= 0.6 is 0 Å². The molecule has 0 atom stereocenters. The lowest BCUT2D eigenvalue weighted by Crippen LogP contribution is -2.06. The maximum atomic E-state index is 11.8. The molecular formula is C24H28O6. The number of hydrogen-bond acceptors (Lipinski definition) is 6. The zero-order chi connectivity index (χ0) is 21.6. The third kappa shape index (κ3) is 7.99. The number of unbranched alkanes of at least 4 members (excludes halogenated alkanes) is 3. The highest BCUT2D eigenvalue weighted by atomic mass is 16.5. The molecule has 0 aliphatic heterocycles. The molecule has 6 heteroatoms. The van der Waals surface area contributed by atoms with E-state index < -0.39 is 5.97 Å². The van der Waals surface area contributed by atoms with Crippen molar-refractivity contribution in [2.75, 3.05) is 27.4 Å². The Morgan fingerprint density at radius 1 is 0.867 bits per heavy atom. The number of benzene rings is 2. The summed E-state index contributed by atoms with van der Waals surface area (Å²) in [7, 11) is 2.91. The number of ether oxygens (including phenoxy) is 4. The molecule has 0 spiro atoms. The zero-order valence-corrected chi connectivity index (χ0v) is 17.5. The molecule has 0 saturated heterocycles. The third-order valence-electron chi connectivity index (χ3n) is 4.34. The molecule has 0 aliphatic rings. The molecule has 0 amide bonds. The van der Waals surface area contributed by atoms with E-state index >= 15 is 0 Å². The predicted octanol–water partition coefficient (Wildman–Crippen LogP) is 4.68. The number of esters is 2. The Morgan fingerprint density at radius 2 is 1.60 bits per heavy atom. The van der Waals surface area contributed by atoms with Crippen LogP contribution in [0.2, 0.25) is 0 Å². The standard InChI is InChI=1S/C24H28O6/c1-27-22-18-19(13-15-23(25)28-2)12-14-21(22)29-16-8-3-4-9-17-30-24(26)20-10-6-5-7-11-20/h5-7,10-15,18H,3-4,8-9,16-17H2,1-2H3. The van der Waals surface area contributed by atoms with E-state index in [9.17, 15) is 9.59 Å². The number of rotatable bonds is 12. The van der Waals surface area contributed by atoms with Gasteiger partial charge in [-0.25, -0.2) is 9.59 Å². The molecule has 160 valence electrons. The quantitative estimate of drug-likeness (QED) is 0.286. The summed E-state index contributed by atoms with van der Waals surface area (Å²) in [5.74, 6) is 0.569. The van der Waals surface area contributed by atoms with Crippen molar-refractivity contribution in [3.05, 3.63) is 65.7 Å². The van der Waals surface area contributed by atoms with E-state index in [0.29, 0.717) is 30.3 Å². The second-order valence-corrected chi connectivity index (χ2v) is 6.53. The molecule has 0 unspecified atom stereocenters. The highest BCUT2D eigenvalue weighted by molar-refractivity contribution is 5.89. The number of carbonyl (C=O) groups is 2. The van der Waals surface area contributed by atoms with Gasteiger partial charge in [-0.2, -0.15) is 0 Å². The molecule has 2 aromatic rings. The van der Waals surface area contributed by atoms with Gasteiger partial charge in [0.25, 0.3) is 0 Å². The Labute approximate surface area is 177 Å². The topological polar surface area (TPSA) is 71.1 Å². The fourth-order valence-corrected chi connectivity index (χ4v) is 2.70. The van der Waals surface area contributed by atoms with Gasteiger partial charge < -0.3 is 18.9 Å². The Bertz CT molecular complexity index is 829. The summed E-state index contributed by atoms with van der Waals surface area (Å²) in [5.41, 5.74) is 1.39. The highest BCUT2D eigenvalue weighted by Crippen LogP contribution is 2.28. The van der Waals surface area contributed by atoms with Crippen molar-refractivity contribution in [3.63, 3.8) is 0 Å². The molecule has 2 aromatic carbocycles. The lowest BCUT2D eigenvalue weighted by molar-refractivity contribution is -0.134. The molecule has 0 heterocycles. The summed E-state index contributed by atoms with van der Waals surface area (Å²) >= 11 is 0. The van der Waals surface area contributed by atoms with E-state index in [1.54, 1.807) is 31.4 Å². The van der Waals surface area contributed by atoms with Crippen LogP contribution in [-0.2, 0) is 14.3 Å². The van der Waals surface area contributed by atoms with Crippen LogP contribution in [0.4, 0.5) is 0 Å². The molecule has 0 radical (unpaired) electrons. The highest BCUT2D eigenvalue weighted by Gasteiger charge is 2.06. The van der Waals surface area contributed by atoms with E-state index in [4.69, 9.17) is 14.2 Å². The zero-order valence-electron chi connectivity index (χ0n) is 17.5. The summed E-state index contributed by atoms with van der Waals surface area (Å²) in [6.07, 6.45) is 6.66. The molecular weight excluding hydrogens is 384 g/mol. The number of methoxy groups -OCH3 is 2. The van der Waals surface area contributed by atoms with Crippen LogP contribution < -0.4 is 9.47 Å². The van der Waals surface area contributed by atoms with Crippen molar-refractivity contribution >= 4 is 18.0 Å². The number of carbonyl (C=O) groups excluding carboxylic acids is 2. The summed E-state index contributed by atoms with van der Waals surface area (Å²) in [6, 6.07) is 14.5. The van der Waals surface area contributed by atoms with Crippen LogP contribution in [0.25, 0.3) is 6.08 Å². The van der Waals surface area contributed by atoms with E-state index in [1.165, 1.54) is 13.2 Å².